The number of nitrogens with one attached hydrogen (secondary N) is 1. The van der Waals surface area contributed by atoms with E-state index in [-0.39, 0.29) is 17.9 Å². The zero-order valence-electron chi connectivity index (χ0n) is 11.9. The summed E-state index contributed by atoms with van der Waals surface area (Å²) in [5.41, 5.74) is 1.24. The van der Waals surface area contributed by atoms with Gasteiger partial charge in [-0.15, -0.1) is 0 Å². The Bertz CT molecular complexity index is 626. The molecule has 0 unspecified atom stereocenters. The van der Waals surface area contributed by atoms with Crippen molar-refractivity contribution in [2.75, 3.05) is 0 Å². The molecule has 1 heterocycles. The number of benzene rings is 1. The Kier molecular flexibility index (Phi) is 4.10. The van der Waals surface area contributed by atoms with Crippen LogP contribution >= 0.6 is 15.9 Å². The van der Waals surface area contributed by atoms with Gasteiger partial charge in [0.15, 0.2) is 0 Å². The van der Waals surface area contributed by atoms with E-state index in [2.05, 4.69) is 38.5 Å². The lowest BCUT2D eigenvalue weighted by molar-refractivity contribution is -0.123. The van der Waals surface area contributed by atoms with Gasteiger partial charge in [-0.2, -0.15) is 5.10 Å². The van der Waals surface area contributed by atoms with Gasteiger partial charge in [0.2, 0.25) is 5.91 Å². The third-order valence-corrected chi connectivity index (χ3v) is 4.31. The molecule has 1 amide bonds. The number of hydrogen-bond acceptors (Lipinski definition) is 2. The fourth-order valence-corrected chi connectivity index (χ4v) is 3.09. The van der Waals surface area contributed by atoms with Crippen molar-refractivity contribution >= 4 is 21.8 Å². The summed E-state index contributed by atoms with van der Waals surface area (Å²) in [5.74, 6) is 0.624. The van der Waals surface area contributed by atoms with Crippen LogP contribution in [0.15, 0.2) is 47.2 Å². The van der Waals surface area contributed by atoms with E-state index >= 15 is 0 Å². The van der Waals surface area contributed by atoms with E-state index in [0.717, 1.165) is 10.9 Å². The standard InChI is InChI=1S/C16H18BrN3O/c1-11(10-20-7-3-6-18-20)19-16(21)15-9-14(15)12-4-2-5-13(17)8-12/h2-8,11,14-15H,9-10H2,1H3,(H,19,21)/t11-,14+,15+/m1/s1. The predicted octanol–water partition coefficient (Wildman–Crippen LogP) is 2.95. The molecule has 1 aromatic heterocycles. The second-order valence-corrected chi connectivity index (χ2v) is 6.56. The van der Waals surface area contributed by atoms with Gasteiger partial charge in [0, 0.05) is 28.8 Å². The lowest BCUT2D eigenvalue weighted by atomic mass is 10.1. The van der Waals surface area contributed by atoms with E-state index in [1.165, 1.54) is 5.56 Å². The van der Waals surface area contributed by atoms with Gasteiger partial charge in [-0.3, -0.25) is 9.48 Å². The maximum absolute atomic E-state index is 12.3. The van der Waals surface area contributed by atoms with Crippen molar-refractivity contribution in [3.05, 3.63) is 52.8 Å². The number of nitrogens with zero attached hydrogens (tertiary/aromatic N) is 2. The zero-order valence-corrected chi connectivity index (χ0v) is 13.5. The van der Waals surface area contributed by atoms with Gasteiger partial charge in [-0.1, -0.05) is 28.1 Å². The van der Waals surface area contributed by atoms with Crippen LogP contribution < -0.4 is 5.32 Å². The highest BCUT2D eigenvalue weighted by atomic mass is 79.9. The number of carbonyl (C=O) groups excluding carboxylic acids is 1. The molecule has 21 heavy (non-hydrogen) atoms. The number of halogens is 1. The van der Waals surface area contributed by atoms with Crippen LogP contribution in [0.5, 0.6) is 0 Å². The maximum Gasteiger partial charge on any atom is 0.224 e. The number of hydrogen-bond donors (Lipinski definition) is 1. The summed E-state index contributed by atoms with van der Waals surface area (Å²) >= 11 is 3.48. The number of aromatic nitrogens is 2. The van der Waals surface area contributed by atoms with Crippen molar-refractivity contribution in [1.82, 2.24) is 15.1 Å². The van der Waals surface area contributed by atoms with Crippen LogP contribution in [0.25, 0.3) is 0 Å². The molecule has 1 fully saturated rings. The Hall–Kier alpha value is -1.62. The smallest absolute Gasteiger partial charge is 0.224 e. The van der Waals surface area contributed by atoms with Crippen LogP contribution in [0.1, 0.15) is 24.8 Å². The molecule has 1 aliphatic rings. The monoisotopic (exact) mass is 347 g/mol. The molecule has 3 atom stereocenters. The van der Waals surface area contributed by atoms with Crippen molar-refractivity contribution in [3.8, 4) is 0 Å². The molecule has 2 aromatic rings. The van der Waals surface area contributed by atoms with Crippen LogP contribution in [0.2, 0.25) is 0 Å². The molecule has 1 aromatic carbocycles. The number of rotatable bonds is 5. The molecular formula is C16H18BrN3O. The van der Waals surface area contributed by atoms with Gasteiger partial charge in [0.05, 0.1) is 6.54 Å². The topological polar surface area (TPSA) is 46.9 Å². The first-order chi connectivity index (χ1) is 10.1. The van der Waals surface area contributed by atoms with Crippen molar-refractivity contribution in [2.45, 2.75) is 31.8 Å². The van der Waals surface area contributed by atoms with Crippen molar-refractivity contribution < 1.29 is 4.79 Å². The second-order valence-electron chi connectivity index (χ2n) is 5.64. The van der Waals surface area contributed by atoms with E-state index in [4.69, 9.17) is 0 Å². The molecule has 1 saturated carbocycles. The molecule has 0 saturated heterocycles. The van der Waals surface area contributed by atoms with E-state index in [1.807, 2.05) is 36.0 Å². The van der Waals surface area contributed by atoms with Gasteiger partial charge in [0.25, 0.3) is 0 Å². The SMILES string of the molecule is C[C@H](Cn1cccn1)NC(=O)[C@H]1C[C@H]1c1cccc(Br)c1. The summed E-state index contributed by atoms with van der Waals surface area (Å²) in [5, 5.41) is 7.24. The van der Waals surface area contributed by atoms with E-state index in [1.54, 1.807) is 6.20 Å². The van der Waals surface area contributed by atoms with Crippen LogP contribution in [0.3, 0.4) is 0 Å². The van der Waals surface area contributed by atoms with Crippen molar-refractivity contribution in [3.63, 3.8) is 0 Å². The van der Waals surface area contributed by atoms with E-state index in [0.29, 0.717) is 12.5 Å². The molecule has 3 rings (SSSR count). The highest BCUT2D eigenvalue weighted by Gasteiger charge is 2.44. The molecule has 0 radical (unpaired) electrons. The van der Waals surface area contributed by atoms with Gasteiger partial charge in [0.1, 0.15) is 0 Å². The minimum absolute atomic E-state index is 0.0844. The zero-order chi connectivity index (χ0) is 14.8. The normalized spacial score (nSPS) is 21.8. The third-order valence-electron chi connectivity index (χ3n) is 3.81. The molecule has 0 bridgehead atoms. The first kappa shape index (κ1) is 14.3. The van der Waals surface area contributed by atoms with Crippen LogP contribution in [0, 0.1) is 5.92 Å². The first-order valence-corrected chi connectivity index (χ1v) is 7.96. The average molecular weight is 348 g/mol. The van der Waals surface area contributed by atoms with Crippen LogP contribution in [-0.4, -0.2) is 21.7 Å². The molecule has 0 aliphatic heterocycles. The summed E-state index contributed by atoms with van der Waals surface area (Å²) < 4.78 is 2.90. The Balaban J connectivity index is 1.53. The molecular weight excluding hydrogens is 330 g/mol. The molecule has 0 spiro atoms. The molecule has 110 valence electrons. The van der Waals surface area contributed by atoms with Gasteiger partial charge in [-0.25, -0.2) is 0 Å². The lowest BCUT2D eigenvalue weighted by Gasteiger charge is -2.14. The highest BCUT2D eigenvalue weighted by Crippen LogP contribution is 2.47. The minimum Gasteiger partial charge on any atom is -0.352 e. The fraction of sp³-hybridized carbons (Fsp3) is 0.375. The van der Waals surface area contributed by atoms with Crippen molar-refractivity contribution in [1.29, 1.82) is 0 Å². The fourth-order valence-electron chi connectivity index (χ4n) is 2.67. The summed E-state index contributed by atoms with van der Waals surface area (Å²) in [7, 11) is 0. The summed E-state index contributed by atoms with van der Waals surface area (Å²) in [6, 6.07) is 10.2. The second kappa shape index (κ2) is 6.02. The quantitative estimate of drug-likeness (QED) is 0.903. The average Bonchev–Trinajstić information content (AvgIpc) is 3.10. The third kappa shape index (κ3) is 3.53. The summed E-state index contributed by atoms with van der Waals surface area (Å²) in [6.07, 6.45) is 4.60. The molecule has 5 heteroatoms. The van der Waals surface area contributed by atoms with Gasteiger partial charge >= 0.3 is 0 Å². The number of carbonyl (C=O) groups is 1. The highest BCUT2D eigenvalue weighted by molar-refractivity contribution is 9.10. The maximum atomic E-state index is 12.3. The largest absolute Gasteiger partial charge is 0.352 e. The predicted molar refractivity (Wildman–Crippen MR) is 84.8 cm³/mol. The Labute approximate surface area is 132 Å². The van der Waals surface area contributed by atoms with Gasteiger partial charge < -0.3 is 5.32 Å². The van der Waals surface area contributed by atoms with E-state index < -0.39 is 0 Å². The minimum atomic E-state index is 0.0844. The molecule has 1 aliphatic carbocycles. The van der Waals surface area contributed by atoms with Crippen LogP contribution in [-0.2, 0) is 11.3 Å². The summed E-state index contributed by atoms with van der Waals surface area (Å²) in [4.78, 5) is 12.3. The Morgan fingerprint density at radius 1 is 1.52 bits per heavy atom. The van der Waals surface area contributed by atoms with Crippen molar-refractivity contribution in [2.24, 2.45) is 5.92 Å². The van der Waals surface area contributed by atoms with E-state index in [9.17, 15) is 4.79 Å². The van der Waals surface area contributed by atoms with Gasteiger partial charge in [-0.05, 0) is 43.0 Å². The van der Waals surface area contributed by atoms with Crippen LogP contribution in [0.4, 0.5) is 0 Å². The number of amides is 1. The Morgan fingerprint density at radius 2 is 2.38 bits per heavy atom. The first-order valence-electron chi connectivity index (χ1n) is 7.17. The molecule has 1 N–H and O–H groups in total. The Morgan fingerprint density at radius 3 is 3.10 bits per heavy atom. The molecule has 4 nitrogen and oxygen atoms in total. The summed E-state index contributed by atoms with van der Waals surface area (Å²) in [6.45, 7) is 2.71. The lowest BCUT2D eigenvalue weighted by Crippen LogP contribution is -2.37.